The fraction of sp³-hybridized carbons (Fsp3) is 0.875. The molecule has 0 aromatic rings. The van der Waals surface area contributed by atoms with E-state index >= 15 is 0 Å². The monoisotopic (exact) mass is 246 g/mol. The molecule has 0 saturated heterocycles. The van der Waals surface area contributed by atoms with Gasteiger partial charge >= 0.3 is 29.6 Å². The second-order valence-electron chi connectivity index (χ2n) is 3.09. The second-order valence-corrected chi connectivity index (χ2v) is 4.64. The first kappa shape index (κ1) is 17.9. The van der Waals surface area contributed by atoms with Crippen molar-refractivity contribution in [1.82, 2.24) is 0 Å². The third-order valence-electron chi connectivity index (χ3n) is 1.90. The minimum absolute atomic E-state index is 0. The Bertz CT molecular complexity index is 275. The summed E-state index contributed by atoms with van der Waals surface area (Å²) in [6, 6.07) is 0. The first-order chi connectivity index (χ1) is 6.43. The minimum Gasteiger partial charge on any atom is -0.747 e. The largest absolute Gasteiger partial charge is 1.00 e. The van der Waals surface area contributed by atoms with E-state index in [4.69, 9.17) is 5.11 Å². The maximum atomic E-state index is 11.2. The number of aliphatic hydroxyl groups excluding tert-OH is 1. The van der Waals surface area contributed by atoms with Gasteiger partial charge in [-0.05, 0) is 6.42 Å². The fourth-order valence-corrected chi connectivity index (χ4v) is 1.69. The Kier molecular flexibility index (Phi) is 10.4. The molecule has 7 heteroatoms. The summed E-state index contributed by atoms with van der Waals surface area (Å²) in [5, 5.41) is 6.81. The second kappa shape index (κ2) is 8.66. The maximum Gasteiger partial charge on any atom is 1.00 e. The molecule has 1 atom stereocenters. The quantitative estimate of drug-likeness (QED) is 0.294. The van der Waals surface area contributed by atoms with E-state index in [0.29, 0.717) is 6.42 Å². The van der Waals surface area contributed by atoms with Gasteiger partial charge in [0.1, 0.15) is 15.4 Å². The van der Waals surface area contributed by atoms with E-state index < -0.39 is 27.8 Å². The van der Waals surface area contributed by atoms with Gasteiger partial charge in [-0.25, -0.2) is 8.42 Å². The van der Waals surface area contributed by atoms with Crippen LogP contribution in [-0.4, -0.2) is 35.7 Å². The van der Waals surface area contributed by atoms with Crippen molar-refractivity contribution in [1.29, 1.82) is 0 Å². The topological polar surface area (TPSA) is 94.5 Å². The molecule has 0 aliphatic rings. The van der Waals surface area contributed by atoms with E-state index in [-0.39, 0.29) is 36.0 Å². The van der Waals surface area contributed by atoms with Gasteiger partial charge in [-0.15, -0.1) is 0 Å². The molecule has 0 aliphatic carbocycles. The number of unbranched alkanes of at least 4 members (excludes halogenated alkanes) is 2. The molecule has 0 spiro atoms. The molecule has 1 unspecified atom stereocenters. The molecule has 0 bridgehead atoms. The maximum absolute atomic E-state index is 11.2. The fourth-order valence-electron chi connectivity index (χ4n) is 1.06. The predicted octanol–water partition coefficient (Wildman–Crippen LogP) is -2.95. The Balaban J connectivity index is 0. The molecule has 0 heterocycles. The zero-order valence-corrected chi connectivity index (χ0v) is 11.9. The summed E-state index contributed by atoms with van der Waals surface area (Å²) in [4.78, 5) is 11.2. The number of hydrogen-bond donors (Lipinski definition) is 1. The third kappa shape index (κ3) is 7.43. The van der Waals surface area contributed by atoms with Crippen LogP contribution in [-0.2, 0) is 14.9 Å². The molecule has 15 heavy (non-hydrogen) atoms. The number of aliphatic hydroxyl groups is 1. The van der Waals surface area contributed by atoms with Gasteiger partial charge < -0.3 is 9.66 Å². The normalized spacial score (nSPS) is 13.0. The van der Waals surface area contributed by atoms with Crippen LogP contribution in [0.25, 0.3) is 0 Å². The molecule has 0 rings (SSSR count). The summed E-state index contributed by atoms with van der Waals surface area (Å²) in [7, 11) is -4.70. The molecule has 0 aromatic heterocycles. The molecule has 84 valence electrons. The summed E-state index contributed by atoms with van der Waals surface area (Å²) in [5.74, 6) is -0.684. The average Bonchev–Trinajstić information content (AvgIpc) is 2.03. The number of carbonyl (C=O) groups excluding carboxylic acids is 1. The van der Waals surface area contributed by atoms with Gasteiger partial charge in [0.25, 0.3) is 0 Å². The molecule has 1 N–H and O–H groups in total. The van der Waals surface area contributed by atoms with E-state index in [1.807, 2.05) is 6.92 Å². The van der Waals surface area contributed by atoms with Crippen LogP contribution in [0.2, 0.25) is 0 Å². The van der Waals surface area contributed by atoms with E-state index in [0.717, 1.165) is 12.8 Å². The van der Waals surface area contributed by atoms with Gasteiger partial charge in [0.15, 0.2) is 5.78 Å². The first-order valence-electron chi connectivity index (χ1n) is 4.51. The van der Waals surface area contributed by atoms with Gasteiger partial charge in [0.05, 0.1) is 6.61 Å². The summed E-state index contributed by atoms with van der Waals surface area (Å²) in [6.45, 7) is 1.02. The minimum atomic E-state index is -4.70. The molecule has 0 saturated carbocycles. The van der Waals surface area contributed by atoms with Crippen LogP contribution in [0.5, 0.6) is 0 Å². The van der Waals surface area contributed by atoms with Crippen LogP contribution in [0.4, 0.5) is 0 Å². The Morgan fingerprint density at radius 3 is 2.27 bits per heavy atom. The molecule has 0 amide bonds. The van der Waals surface area contributed by atoms with Gasteiger partial charge in [0.2, 0.25) is 0 Å². The molecular weight excluding hydrogens is 231 g/mol. The zero-order chi connectivity index (χ0) is 11.2. The van der Waals surface area contributed by atoms with Gasteiger partial charge in [-0.2, -0.15) is 0 Å². The number of ketones is 1. The van der Waals surface area contributed by atoms with Gasteiger partial charge in [0, 0.05) is 6.42 Å². The van der Waals surface area contributed by atoms with Crippen LogP contribution in [0.15, 0.2) is 0 Å². The van der Waals surface area contributed by atoms with Crippen LogP contribution < -0.4 is 29.6 Å². The predicted molar refractivity (Wildman–Crippen MR) is 49.7 cm³/mol. The summed E-state index contributed by atoms with van der Waals surface area (Å²) < 4.78 is 31.5. The van der Waals surface area contributed by atoms with Crippen LogP contribution in [0.1, 0.15) is 32.6 Å². The first-order valence-corrected chi connectivity index (χ1v) is 5.99. The number of hydrogen-bond acceptors (Lipinski definition) is 5. The molecular formula is C8H15NaO5S. The SMILES string of the molecule is CCCCCC(=O)C(CO)S(=O)(=O)[O-].[Na+]. The number of Topliss-reactive ketones (excluding diaryl/α,β-unsaturated/α-hetero) is 1. The van der Waals surface area contributed by atoms with E-state index in [1.165, 1.54) is 0 Å². The Labute approximate surface area is 112 Å². The standard InChI is InChI=1S/C8H16O5S.Na/c1-2-3-4-5-7(10)8(6-9)14(11,12)13;/h8-9H,2-6H2,1H3,(H,11,12,13);/q;+1/p-1. The van der Waals surface area contributed by atoms with Crippen molar-refractivity contribution < 1.29 is 52.4 Å². The van der Waals surface area contributed by atoms with E-state index in [9.17, 15) is 17.8 Å². The van der Waals surface area contributed by atoms with Crippen molar-refractivity contribution in [3.05, 3.63) is 0 Å². The Morgan fingerprint density at radius 2 is 1.93 bits per heavy atom. The Morgan fingerprint density at radius 1 is 1.40 bits per heavy atom. The molecule has 0 aliphatic heterocycles. The van der Waals surface area contributed by atoms with Gasteiger partial charge in [-0.3, -0.25) is 4.79 Å². The summed E-state index contributed by atoms with van der Waals surface area (Å²) >= 11 is 0. The van der Waals surface area contributed by atoms with Gasteiger partial charge in [-0.1, -0.05) is 19.8 Å². The van der Waals surface area contributed by atoms with Crippen LogP contribution >= 0.6 is 0 Å². The zero-order valence-electron chi connectivity index (χ0n) is 9.10. The average molecular weight is 246 g/mol. The summed E-state index contributed by atoms with van der Waals surface area (Å²) in [6.07, 6.45) is 2.31. The van der Waals surface area contributed by atoms with Crippen LogP contribution in [0.3, 0.4) is 0 Å². The molecule has 0 fully saturated rings. The van der Waals surface area contributed by atoms with E-state index in [1.54, 1.807) is 0 Å². The van der Waals surface area contributed by atoms with Crippen molar-refractivity contribution in [3.63, 3.8) is 0 Å². The van der Waals surface area contributed by atoms with Crippen molar-refractivity contribution in [3.8, 4) is 0 Å². The van der Waals surface area contributed by atoms with Crippen molar-refractivity contribution >= 4 is 15.9 Å². The third-order valence-corrected chi connectivity index (χ3v) is 3.01. The van der Waals surface area contributed by atoms with Crippen molar-refractivity contribution in [2.24, 2.45) is 0 Å². The smallest absolute Gasteiger partial charge is 0.747 e. The molecule has 0 radical (unpaired) electrons. The van der Waals surface area contributed by atoms with Crippen molar-refractivity contribution in [2.45, 2.75) is 37.9 Å². The number of carbonyl (C=O) groups is 1. The molecule has 5 nitrogen and oxygen atoms in total. The van der Waals surface area contributed by atoms with Crippen molar-refractivity contribution in [2.75, 3.05) is 6.61 Å². The summed E-state index contributed by atoms with van der Waals surface area (Å²) in [5.41, 5.74) is 0. The number of rotatable bonds is 7. The van der Waals surface area contributed by atoms with Crippen LogP contribution in [0, 0.1) is 0 Å². The molecule has 0 aromatic carbocycles. The van der Waals surface area contributed by atoms with E-state index in [2.05, 4.69) is 0 Å². The Hall–Kier alpha value is 0.540.